The molecular weight excluding hydrogens is 196 g/mol. The minimum atomic E-state index is 0.478. The molecule has 3 aliphatic rings. The maximum absolute atomic E-state index is 6.01. The second-order valence-corrected chi connectivity index (χ2v) is 5.28. The van der Waals surface area contributed by atoms with Gasteiger partial charge in [-0.2, -0.15) is 0 Å². The molecule has 1 aliphatic carbocycles. The van der Waals surface area contributed by atoms with E-state index in [9.17, 15) is 0 Å². The summed E-state index contributed by atoms with van der Waals surface area (Å²) in [7, 11) is 0. The topological polar surface area (TPSA) is 55.0 Å². The summed E-state index contributed by atoms with van der Waals surface area (Å²) in [6.07, 6.45) is 3.21. The normalized spacial score (nSPS) is 36.8. The van der Waals surface area contributed by atoms with Crippen molar-refractivity contribution >= 4 is 11.5 Å². The number of hydrogen-bond donors (Lipinski definition) is 1. The Morgan fingerprint density at radius 2 is 2.29 bits per heavy atom. The minimum Gasteiger partial charge on any atom is -0.327 e. The number of fused-ring (bicyclic) bond motifs is 2. The lowest BCUT2D eigenvalue weighted by atomic mass is 9.67. The molecule has 0 amide bonds. The Morgan fingerprint density at radius 3 is 2.86 bits per heavy atom. The van der Waals surface area contributed by atoms with Gasteiger partial charge in [-0.25, -0.2) is 0 Å². The summed E-state index contributed by atoms with van der Waals surface area (Å²) in [4.78, 5) is 3.75. The van der Waals surface area contributed by atoms with Crippen LogP contribution in [0, 0.1) is 11.8 Å². The molecule has 2 atom stereocenters. The van der Waals surface area contributed by atoms with E-state index in [0.717, 1.165) is 31.5 Å². The molecule has 2 unspecified atom stereocenters. The van der Waals surface area contributed by atoms with Crippen molar-refractivity contribution in [3.63, 3.8) is 0 Å². The third-order valence-electron chi connectivity index (χ3n) is 3.47. The molecule has 1 aromatic heterocycles. The van der Waals surface area contributed by atoms with E-state index in [1.807, 2.05) is 6.20 Å². The predicted octanol–water partition coefficient (Wildman–Crippen LogP) is 0.317. The molecule has 4 nitrogen and oxygen atoms in total. The van der Waals surface area contributed by atoms with E-state index in [-0.39, 0.29) is 0 Å². The molecule has 5 heteroatoms. The van der Waals surface area contributed by atoms with Crippen LogP contribution in [0.5, 0.6) is 0 Å². The van der Waals surface area contributed by atoms with E-state index in [1.54, 1.807) is 0 Å². The summed E-state index contributed by atoms with van der Waals surface area (Å²) in [6, 6.07) is 0.478. The highest BCUT2D eigenvalue weighted by molar-refractivity contribution is 7.05. The van der Waals surface area contributed by atoms with Crippen molar-refractivity contribution in [1.29, 1.82) is 0 Å². The maximum atomic E-state index is 6.01. The average molecular weight is 210 g/mol. The lowest BCUT2D eigenvalue weighted by Crippen LogP contribution is -2.61. The fraction of sp³-hybridized carbons (Fsp3) is 0.778. The van der Waals surface area contributed by atoms with Gasteiger partial charge in [0.25, 0.3) is 0 Å². The van der Waals surface area contributed by atoms with Crippen molar-refractivity contribution in [2.24, 2.45) is 17.6 Å². The lowest BCUT2D eigenvalue weighted by molar-refractivity contribution is -0.000939. The Kier molecular flexibility index (Phi) is 2.04. The highest BCUT2D eigenvalue weighted by atomic mass is 32.1. The first kappa shape index (κ1) is 8.76. The summed E-state index contributed by atoms with van der Waals surface area (Å²) in [5.74, 6) is 1.49. The first-order valence-corrected chi connectivity index (χ1v) is 5.84. The Balaban J connectivity index is 1.61. The zero-order valence-corrected chi connectivity index (χ0v) is 8.78. The minimum absolute atomic E-state index is 0.478. The van der Waals surface area contributed by atoms with Crippen molar-refractivity contribution in [1.82, 2.24) is 14.5 Å². The van der Waals surface area contributed by atoms with Gasteiger partial charge >= 0.3 is 0 Å². The zero-order valence-electron chi connectivity index (χ0n) is 7.97. The van der Waals surface area contributed by atoms with Gasteiger partial charge < -0.3 is 5.73 Å². The van der Waals surface area contributed by atoms with Gasteiger partial charge in [0.05, 0.1) is 11.1 Å². The van der Waals surface area contributed by atoms with Crippen LogP contribution < -0.4 is 5.73 Å². The summed E-state index contributed by atoms with van der Waals surface area (Å²) in [6.45, 7) is 3.34. The van der Waals surface area contributed by atoms with Gasteiger partial charge in [-0.3, -0.25) is 4.90 Å². The van der Waals surface area contributed by atoms with Crippen molar-refractivity contribution < 1.29 is 0 Å². The van der Waals surface area contributed by atoms with E-state index < -0.39 is 0 Å². The largest absolute Gasteiger partial charge is 0.327 e. The molecule has 1 aromatic rings. The molecular formula is C9H14N4S. The summed E-state index contributed by atoms with van der Waals surface area (Å²) >= 11 is 1.50. The molecule has 2 N–H and O–H groups in total. The van der Waals surface area contributed by atoms with Crippen molar-refractivity contribution in [2.45, 2.75) is 19.0 Å². The highest BCUT2D eigenvalue weighted by Gasteiger charge is 2.44. The number of aromatic nitrogens is 2. The standard InChI is InChI=1S/C9H14N4S/c10-9-6-1-7(9)4-13(3-6)5-8-2-11-12-14-8/h2,6-7,9H,1,3-5,10H2. The fourth-order valence-corrected chi connectivity index (χ4v) is 3.16. The van der Waals surface area contributed by atoms with Gasteiger partial charge in [0.1, 0.15) is 0 Å². The van der Waals surface area contributed by atoms with Crippen LogP contribution in [0.15, 0.2) is 6.20 Å². The second kappa shape index (κ2) is 3.25. The zero-order chi connectivity index (χ0) is 9.54. The van der Waals surface area contributed by atoms with E-state index in [0.29, 0.717) is 6.04 Å². The molecule has 0 aromatic carbocycles. The van der Waals surface area contributed by atoms with Crippen molar-refractivity contribution in [3.8, 4) is 0 Å². The van der Waals surface area contributed by atoms with Gasteiger partial charge in [0, 0.05) is 25.7 Å². The molecule has 2 saturated heterocycles. The van der Waals surface area contributed by atoms with Gasteiger partial charge in [-0.1, -0.05) is 4.49 Å². The fourth-order valence-electron chi connectivity index (χ4n) is 2.63. The quantitative estimate of drug-likeness (QED) is 0.763. The number of nitrogens with two attached hydrogens (primary N) is 1. The molecule has 2 aliphatic heterocycles. The molecule has 0 radical (unpaired) electrons. The first-order chi connectivity index (χ1) is 6.83. The van der Waals surface area contributed by atoms with Crippen LogP contribution in [-0.2, 0) is 6.54 Å². The molecule has 3 heterocycles. The second-order valence-electron chi connectivity index (χ2n) is 4.41. The SMILES string of the molecule is NC1C2CC1CN(Cc1cnns1)C2. The van der Waals surface area contributed by atoms with E-state index in [1.165, 1.54) is 22.8 Å². The van der Waals surface area contributed by atoms with Crippen molar-refractivity contribution in [3.05, 3.63) is 11.1 Å². The predicted molar refractivity (Wildman–Crippen MR) is 54.8 cm³/mol. The molecule has 3 fully saturated rings. The van der Waals surface area contributed by atoms with Crippen LogP contribution in [0.25, 0.3) is 0 Å². The molecule has 4 rings (SSSR count). The summed E-state index contributed by atoms with van der Waals surface area (Å²) < 4.78 is 3.87. The van der Waals surface area contributed by atoms with Crippen LogP contribution >= 0.6 is 11.5 Å². The van der Waals surface area contributed by atoms with Gasteiger partial charge in [-0.15, -0.1) is 5.10 Å². The number of hydrogen-bond acceptors (Lipinski definition) is 5. The Morgan fingerprint density at radius 1 is 1.50 bits per heavy atom. The Labute approximate surface area is 87.3 Å². The summed E-state index contributed by atoms with van der Waals surface area (Å²) in [5.41, 5.74) is 6.01. The van der Waals surface area contributed by atoms with E-state index in [4.69, 9.17) is 5.73 Å². The van der Waals surface area contributed by atoms with Gasteiger partial charge in [0.2, 0.25) is 0 Å². The molecule has 0 spiro atoms. The summed E-state index contributed by atoms with van der Waals surface area (Å²) in [5, 5.41) is 3.85. The number of nitrogens with zero attached hydrogens (tertiary/aromatic N) is 3. The first-order valence-electron chi connectivity index (χ1n) is 5.07. The third-order valence-corrected chi connectivity index (χ3v) is 4.11. The Bertz CT molecular complexity index is 301. The van der Waals surface area contributed by atoms with E-state index >= 15 is 0 Å². The van der Waals surface area contributed by atoms with Crippen LogP contribution in [0.1, 0.15) is 11.3 Å². The molecule has 1 saturated carbocycles. The number of rotatable bonds is 2. The van der Waals surface area contributed by atoms with Crippen LogP contribution in [0.2, 0.25) is 0 Å². The van der Waals surface area contributed by atoms with Crippen LogP contribution in [0.4, 0.5) is 0 Å². The van der Waals surface area contributed by atoms with Crippen LogP contribution in [0.3, 0.4) is 0 Å². The number of piperidine rings is 2. The smallest absolute Gasteiger partial charge is 0.0666 e. The maximum Gasteiger partial charge on any atom is 0.0666 e. The molecule has 2 bridgehead atoms. The average Bonchev–Trinajstić information content (AvgIpc) is 2.70. The third kappa shape index (κ3) is 1.36. The molecule has 14 heavy (non-hydrogen) atoms. The Hall–Kier alpha value is -0.520. The monoisotopic (exact) mass is 210 g/mol. The van der Waals surface area contributed by atoms with Crippen molar-refractivity contribution in [2.75, 3.05) is 13.1 Å². The van der Waals surface area contributed by atoms with Gasteiger partial charge in [0.15, 0.2) is 0 Å². The van der Waals surface area contributed by atoms with Gasteiger partial charge in [-0.05, 0) is 29.8 Å². The van der Waals surface area contributed by atoms with Crippen LogP contribution in [-0.4, -0.2) is 33.6 Å². The molecule has 76 valence electrons. The lowest BCUT2D eigenvalue weighted by Gasteiger charge is -2.52. The highest BCUT2D eigenvalue weighted by Crippen LogP contribution is 2.38. The van der Waals surface area contributed by atoms with E-state index in [2.05, 4.69) is 14.5 Å².